The van der Waals surface area contributed by atoms with Gasteiger partial charge in [-0.05, 0) is 19.4 Å². The van der Waals surface area contributed by atoms with E-state index < -0.39 is 0 Å². The Bertz CT molecular complexity index is 493. The monoisotopic (exact) mass is 231 g/mol. The number of benzene rings is 1. The Balaban J connectivity index is 2.23. The van der Waals surface area contributed by atoms with Crippen molar-refractivity contribution in [2.45, 2.75) is 32.7 Å². The summed E-state index contributed by atoms with van der Waals surface area (Å²) in [5.41, 5.74) is 8.07. The maximum absolute atomic E-state index is 5.93. The zero-order valence-electron chi connectivity index (χ0n) is 10.2. The van der Waals surface area contributed by atoms with E-state index in [1.54, 1.807) is 0 Å². The lowest BCUT2D eigenvalue weighted by Gasteiger charge is -2.02. The van der Waals surface area contributed by atoms with Crippen LogP contribution in [0.2, 0.25) is 0 Å². The molecule has 1 heterocycles. The minimum absolute atomic E-state index is 0.161. The Labute approximate surface area is 101 Å². The second kappa shape index (κ2) is 5.10. The summed E-state index contributed by atoms with van der Waals surface area (Å²) >= 11 is 0. The van der Waals surface area contributed by atoms with Crippen LogP contribution in [0.1, 0.15) is 37.3 Å². The Hall–Kier alpha value is -1.68. The largest absolute Gasteiger partial charge is 0.337 e. The summed E-state index contributed by atoms with van der Waals surface area (Å²) in [5.74, 6) is 1.12. The van der Waals surface area contributed by atoms with Gasteiger partial charge in [0.1, 0.15) is 0 Å². The maximum Gasteiger partial charge on any atom is 0.243 e. The third-order valence-electron chi connectivity index (χ3n) is 2.63. The Morgan fingerprint density at radius 2 is 2.24 bits per heavy atom. The summed E-state index contributed by atoms with van der Waals surface area (Å²) < 4.78 is 5.19. The van der Waals surface area contributed by atoms with Crippen molar-refractivity contribution in [3.05, 3.63) is 35.7 Å². The number of aromatic nitrogens is 2. The number of aryl methyl sites for hydroxylation is 1. The van der Waals surface area contributed by atoms with Gasteiger partial charge in [0.05, 0.1) is 6.04 Å². The topological polar surface area (TPSA) is 64.9 Å². The predicted octanol–water partition coefficient (Wildman–Crippen LogP) is 2.84. The molecule has 1 atom stereocenters. The lowest BCUT2D eigenvalue weighted by Crippen LogP contribution is -2.09. The third kappa shape index (κ3) is 2.71. The second-order valence-corrected chi connectivity index (χ2v) is 4.22. The highest BCUT2D eigenvalue weighted by Crippen LogP contribution is 2.20. The average molecular weight is 231 g/mol. The minimum atomic E-state index is -0.161. The van der Waals surface area contributed by atoms with Crippen molar-refractivity contribution < 1.29 is 4.52 Å². The van der Waals surface area contributed by atoms with Gasteiger partial charge in [0.25, 0.3) is 0 Å². The van der Waals surface area contributed by atoms with Gasteiger partial charge in [0.15, 0.2) is 0 Å². The van der Waals surface area contributed by atoms with Crippen LogP contribution >= 0.6 is 0 Å². The molecular formula is C13H17N3O. The van der Waals surface area contributed by atoms with E-state index in [2.05, 4.69) is 17.1 Å². The van der Waals surface area contributed by atoms with Gasteiger partial charge in [0.2, 0.25) is 11.7 Å². The highest BCUT2D eigenvalue weighted by Gasteiger charge is 2.14. The van der Waals surface area contributed by atoms with E-state index in [1.807, 2.05) is 31.2 Å². The highest BCUT2D eigenvalue weighted by molar-refractivity contribution is 5.55. The van der Waals surface area contributed by atoms with E-state index in [9.17, 15) is 0 Å². The molecule has 2 rings (SSSR count). The van der Waals surface area contributed by atoms with Gasteiger partial charge in [-0.25, -0.2) is 0 Å². The van der Waals surface area contributed by atoms with Crippen LogP contribution in [-0.4, -0.2) is 10.1 Å². The van der Waals surface area contributed by atoms with Crippen LogP contribution in [0.3, 0.4) is 0 Å². The molecule has 0 amide bonds. The van der Waals surface area contributed by atoms with Crippen LogP contribution < -0.4 is 5.73 Å². The average Bonchev–Trinajstić information content (AvgIpc) is 2.78. The molecule has 0 aliphatic heterocycles. The lowest BCUT2D eigenvalue weighted by atomic mass is 10.1. The van der Waals surface area contributed by atoms with Crippen molar-refractivity contribution in [3.63, 3.8) is 0 Å². The molecule has 0 aliphatic rings. The zero-order valence-corrected chi connectivity index (χ0v) is 10.2. The summed E-state index contributed by atoms with van der Waals surface area (Å²) in [7, 11) is 0. The minimum Gasteiger partial charge on any atom is -0.337 e. The van der Waals surface area contributed by atoms with Crippen LogP contribution in [0, 0.1) is 6.92 Å². The summed E-state index contributed by atoms with van der Waals surface area (Å²) in [6.07, 6.45) is 1.86. The van der Waals surface area contributed by atoms with Crippen LogP contribution in [0.4, 0.5) is 0 Å². The molecule has 0 saturated heterocycles. The standard InChI is InChI=1S/C13H17N3O/c1-3-5-11(14)13-15-12(16-17-13)10-7-4-6-9(2)8-10/h4,6-8,11H,3,5,14H2,1-2H3. The number of rotatable bonds is 4. The Morgan fingerprint density at radius 1 is 1.41 bits per heavy atom. The first kappa shape index (κ1) is 11.8. The molecule has 2 N–H and O–H groups in total. The fraction of sp³-hybridized carbons (Fsp3) is 0.385. The molecule has 0 spiro atoms. The smallest absolute Gasteiger partial charge is 0.243 e. The molecule has 0 saturated carbocycles. The SMILES string of the molecule is CCCC(N)c1nc(-c2cccc(C)c2)no1. The molecule has 4 heteroatoms. The Kier molecular flexibility index (Phi) is 3.54. The van der Waals surface area contributed by atoms with Gasteiger partial charge >= 0.3 is 0 Å². The molecule has 0 aliphatic carbocycles. The van der Waals surface area contributed by atoms with Crippen molar-refractivity contribution >= 4 is 0 Å². The van der Waals surface area contributed by atoms with Crippen molar-refractivity contribution in [2.24, 2.45) is 5.73 Å². The van der Waals surface area contributed by atoms with Crippen LogP contribution in [-0.2, 0) is 0 Å². The van der Waals surface area contributed by atoms with Crippen molar-refractivity contribution in [1.82, 2.24) is 10.1 Å². The normalized spacial score (nSPS) is 12.6. The van der Waals surface area contributed by atoms with Crippen molar-refractivity contribution in [1.29, 1.82) is 0 Å². The number of hydrogen-bond acceptors (Lipinski definition) is 4. The molecule has 1 aromatic heterocycles. The van der Waals surface area contributed by atoms with E-state index in [-0.39, 0.29) is 6.04 Å². The van der Waals surface area contributed by atoms with Gasteiger partial charge < -0.3 is 10.3 Å². The third-order valence-corrected chi connectivity index (χ3v) is 2.63. The Morgan fingerprint density at radius 3 is 2.94 bits per heavy atom. The van der Waals surface area contributed by atoms with Gasteiger partial charge in [-0.15, -0.1) is 0 Å². The first-order valence-corrected chi connectivity index (χ1v) is 5.87. The predicted molar refractivity (Wildman–Crippen MR) is 66.3 cm³/mol. The van der Waals surface area contributed by atoms with Crippen LogP contribution in [0.5, 0.6) is 0 Å². The van der Waals surface area contributed by atoms with Gasteiger partial charge in [0, 0.05) is 5.56 Å². The number of nitrogens with two attached hydrogens (primary N) is 1. The van der Waals surface area contributed by atoms with E-state index in [1.165, 1.54) is 5.56 Å². The summed E-state index contributed by atoms with van der Waals surface area (Å²) in [4.78, 5) is 4.34. The maximum atomic E-state index is 5.93. The molecule has 90 valence electrons. The molecule has 1 unspecified atom stereocenters. The molecule has 2 aromatic rings. The molecule has 4 nitrogen and oxygen atoms in total. The van der Waals surface area contributed by atoms with Crippen molar-refractivity contribution in [2.75, 3.05) is 0 Å². The first-order chi connectivity index (χ1) is 8.20. The molecule has 1 aromatic carbocycles. The molecular weight excluding hydrogens is 214 g/mol. The first-order valence-electron chi connectivity index (χ1n) is 5.87. The number of nitrogens with zero attached hydrogens (tertiary/aromatic N) is 2. The summed E-state index contributed by atoms with van der Waals surface area (Å²) in [5, 5.41) is 3.96. The quantitative estimate of drug-likeness (QED) is 0.878. The van der Waals surface area contributed by atoms with Gasteiger partial charge in [-0.1, -0.05) is 42.3 Å². The summed E-state index contributed by atoms with van der Waals surface area (Å²) in [6, 6.07) is 7.85. The van der Waals surface area contributed by atoms with Crippen LogP contribution in [0.15, 0.2) is 28.8 Å². The fourth-order valence-electron chi connectivity index (χ4n) is 1.72. The fourth-order valence-corrected chi connectivity index (χ4v) is 1.72. The van der Waals surface area contributed by atoms with Gasteiger partial charge in [-0.2, -0.15) is 4.98 Å². The molecule has 17 heavy (non-hydrogen) atoms. The number of hydrogen-bond donors (Lipinski definition) is 1. The summed E-state index contributed by atoms with van der Waals surface area (Å²) in [6.45, 7) is 4.12. The molecule has 0 bridgehead atoms. The van der Waals surface area contributed by atoms with E-state index in [0.29, 0.717) is 11.7 Å². The molecule has 0 fully saturated rings. The second-order valence-electron chi connectivity index (χ2n) is 4.22. The van der Waals surface area contributed by atoms with E-state index in [4.69, 9.17) is 10.3 Å². The van der Waals surface area contributed by atoms with Crippen molar-refractivity contribution in [3.8, 4) is 11.4 Å². The van der Waals surface area contributed by atoms with Gasteiger partial charge in [-0.3, -0.25) is 0 Å². The lowest BCUT2D eigenvalue weighted by molar-refractivity contribution is 0.348. The zero-order chi connectivity index (χ0) is 12.3. The highest BCUT2D eigenvalue weighted by atomic mass is 16.5. The molecule has 0 radical (unpaired) electrons. The van der Waals surface area contributed by atoms with E-state index >= 15 is 0 Å². The van der Waals surface area contributed by atoms with Crippen LogP contribution in [0.25, 0.3) is 11.4 Å². The van der Waals surface area contributed by atoms with E-state index in [0.717, 1.165) is 18.4 Å².